The number of oxazole rings is 1. The summed E-state index contributed by atoms with van der Waals surface area (Å²) in [6, 6.07) is 1.85. The van der Waals surface area contributed by atoms with Gasteiger partial charge in [0, 0.05) is 38.2 Å². The summed E-state index contributed by atoms with van der Waals surface area (Å²) >= 11 is 0. The first kappa shape index (κ1) is 31.9. The molecule has 0 saturated heterocycles. The number of pyridine rings is 1. The highest BCUT2D eigenvalue weighted by molar-refractivity contribution is 6.36. The summed E-state index contributed by atoms with van der Waals surface area (Å²) in [5.41, 5.74) is -0.606. The molecule has 2 aromatic heterocycles. The first-order valence-electron chi connectivity index (χ1n) is 15.6. The lowest BCUT2D eigenvalue weighted by molar-refractivity contribution is -0.138. The quantitative estimate of drug-likeness (QED) is 0.225. The van der Waals surface area contributed by atoms with Crippen LogP contribution >= 0.6 is 0 Å². The number of aromatic nitrogens is 2. The Kier molecular flexibility index (Phi) is 9.99. The summed E-state index contributed by atoms with van der Waals surface area (Å²) in [4.78, 5) is 80.1. The van der Waals surface area contributed by atoms with Crippen LogP contribution in [0.2, 0.25) is 0 Å². The van der Waals surface area contributed by atoms with Crippen molar-refractivity contribution < 1.29 is 33.1 Å². The second-order valence-electron chi connectivity index (χ2n) is 12.2. The number of nitrogens with one attached hydrogen (secondary N) is 4. The minimum atomic E-state index is -1.33. The molecule has 14 heteroatoms. The maximum atomic E-state index is 13.3. The molecular weight excluding hydrogens is 584 g/mol. The third-order valence-electron chi connectivity index (χ3n) is 9.16. The van der Waals surface area contributed by atoms with E-state index in [-0.39, 0.29) is 61.8 Å². The van der Waals surface area contributed by atoms with E-state index in [1.54, 1.807) is 13.0 Å². The number of rotatable bonds is 14. The fourth-order valence-corrected chi connectivity index (χ4v) is 7.26. The van der Waals surface area contributed by atoms with Crippen LogP contribution in [-0.4, -0.2) is 64.7 Å². The Morgan fingerprint density at radius 3 is 2.42 bits per heavy atom. The van der Waals surface area contributed by atoms with Gasteiger partial charge in [-0.1, -0.05) is 0 Å². The van der Waals surface area contributed by atoms with Crippen molar-refractivity contribution in [3.63, 3.8) is 0 Å². The monoisotopic (exact) mass is 624 g/mol. The topological polar surface area (TPSA) is 191 Å². The van der Waals surface area contributed by atoms with Gasteiger partial charge in [-0.05, 0) is 81.3 Å². The lowest BCUT2D eigenvalue weighted by Crippen LogP contribution is -2.55. The number of ether oxygens (including phenoxy) is 1. The van der Waals surface area contributed by atoms with Crippen molar-refractivity contribution in [3.8, 4) is 5.95 Å². The van der Waals surface area contributed by atoms with Gasteiger partial charge in [-0.2, -0.15) is 0 Å². The van der Waals surface area contributed by atoms with Gasteiger partial charge >= 0.3 is 11.9 Å². The summed E-state index contributed by atoms with van der Waals surface area (Å²) in [5.74, 6) is -1.04. The van der Waals surface area contributed by atoms with Gasteiger partial charge in [0.2, 0.25) is 17.6 Å². The van der Waals surface area contributed by atoms with Crippen LogP contribution in [0.1, 0.15) is 69.0 Å². The average Bonchev–Trinajstić information content (AvgIpc) is 3.50. The zero-order valence-corrected chi connectivity index (χ0v) is 25.5. The number of carbonyl (C=O) groups is 5. The van der Waals surface area contributed by atoms with Crippen molar-refractivity contribution in [2.45, 2.75) is 76.9 Å². The second-order valence-corrected chi connectivity index (χ2v) is 12.2. The normalized spacial score (nSPS) is 23.6. The molecule has 2 heterocycles. The average molecular weight is 625 g/mol. The Labute approximate surface area is 260 Å². The smallest absolute Gasteiger partial charge is 0.307 e. The third-order valence-corrected chi connectivity index (χ3v) is 9.16. The molecular formula is C31H40N6O8. The summed E-state index contributed by atoms with van der Waals surface area (Å²) in [6.07, 6.45) is 8.32. The molecule has 0 radical (unpaired) electrons. The van der Waals surface area contributed by atoms with Crippen molar-refractivity contribution in [2.24, 2.45) is 23.7 Å². The van der Waals surface area contributed by atoms with E-state index in [4.69, 9.17) is 9.15 Å². The highest BCUT2D eigenvalue weighted by Crippen LogP contribution is 2.53. The largest absolute Gasteiger partial charge is 0.467 e. The molecule has 14 nitrogen and oxygen atoms in total. The number of likely N-dealkylation sites (N-methyl/N-ethyl adjacent to an activating group) is 1. The van der Waals surface area contributed by atoms with E-state index in [0.717, 1.165) is 11.8 Å². The Morgan fingerprint density at radius 2 is 1.78 bits per heavy atom. The van der Waals surface area contributed by atoms with Crippen LogP contribution in [-0.2, 0) is 25.7 Å². The number of ketones is 1. The number of carbonyl (C=O) groups excluding carboxylic acids is 5. The Balaban J connectivity index is 1.21. The summed E-state index contributed by atoms with van der Waals surface area (Å²) in [7, 11) is 1.33. The van der Waals surface area contributed by atoms with Crippen molar-refractivity contribution >= 4 is 35.1 Å². The van der Waals surface area contributed by atoms with E-state index in [2.05, 4.69) is 26.3 Å². The van der Waals surface area contributed by atoms with E-state index in [9.17, 15) is 28.8 Å². The fraction of sp³-hybridized carbons (Fsp3) is 0.581. The van der Waals surface area contributed by atoms with Crippen molar-refractivity contribution in [2.75, 3.05) is 19.0 Å². The van der Waals surface area contributed by atoms with Crippen LogP contribution in [0.5, 0.6) is 5.95 Å². The number of aryl methyl sites for hydroxylation is 1. The first-order valence-corrected chi connectivity index (χ1v) is 15.6. The molecule has 242 valence electrons. The second kappa shape index (κ2) is 14.1. The zero-order chi connectivity index (χ0) is 32.1. The maximum absolute atomic E-state index is 13.3. The molecule has 6 rings (SSSR count). The molecule has 4 saturated carbocycles. The van der Waals surface area contributed by atoms with Gasteiger partial charge in [-0.3, -0.25) is 28.8 Å². The molecule has 0 spiro atoms. The molecule has 45 heavy (non-hydrogen) atoms. The third kappa shape index (κ3) is 7.60. The van der Waals surface area contributed by atoms with Crippen LogP contribution < -0.4 is 31.6 Å². The van der Waals surface area contributed by atoms with E-state index in [1.807, 2.05) is 0 Å². The minimum Gasteiger partial charge on any atom is -0.467 e. The van der Waals surface area contributed by atoms with Gasteiger partial charge in [0.05, 0.1) is 7.11 Å². The number of hydrogen-bond donors (Lipinski definition) is 4. The Hall–Kier alpha value is -4.49. The van der Waals surface area contributed by atoms with E-state index in [0.29, 0.717) is 11.8 Å². The predicted octanol–water partition coefficient (Wildman–Crippen LogP) is 1.40. The lowest BCUT2D eigenvalue weighted by Gasteiger charge is -2.54. The van der Waals surface area contributed by atoms with Gasteiger partial charge in [-0.25, -0.2) is 4.98 Å². The van der Waals surface area contributed by atoms with Gasteiger partial charge < -0.3 is 35.0 Å². The molecule has 4 N–H and O–H groups in total. The zero-order valence-electron chi connectivity index (χ0n) is 25.5. The first-order chi connectivity index (χ1) is 21.6. The highest BCUT2D eigenvalue weighted by Gasteiger charge is 2.48. The molecule has 1 atom stereocenters. The molecule has 4 aliphatic carbocycles. The number of hydrogen-bond acceptors (Lipinski definition) is 9. The van der Waals surface area contributed by atoms with Gasteiger partial charge in [0.1, 0.15) is 17.9 Å². The van der Waals surface area contributed by atoms with Gasteiger partial charge in [-0.15, -0.1) is 0 Å². The summed E-state index contributed by atoms with van der Waals surface area (Å²) in [6.45, 7) is 2.03. The maximum Gasteiger partial charge on any atom is 0.307 e. The van der Waals surface area contributed by atoms with Crippen LogP contribution in [0.15, 0.2) is 33.7 Å². The highest BCUT2D eigenvalue weighted by atomic mass is 16.6. The Morgan fingerprint density at radius 1 is 1.07 bits per heavy atom. The fourth-order valence-electron chi connectivity index (χ4n) is 7.26. The number of Topliss-reactive ketones (excluding diaryl/α,β-unsaturated/α-hetero) is 1. The molecule has 4 aliphatic rings. The molecule has 0 aromatic carbocycles. The predicted molar refractivity (Wildman–Crippen MR) is 160 cm³/mol. The Bertz CT molecular complexity index is 1470. The number of methoxy groups -OCH3 is 1. The molecule has 4 bridgehead atoms. The molecule has 4 amide bonds. The lowest BCUT2D eigenvalue weighted by atomic mass is 9.54. The van der Waals surface area contributed by atoms with Crippen molar-refractivity contribution in [1.82, 2.24) is 25.5 Å². The SMILES string of the molecule is CCNC(=O)C(=O)CC[C@H](NC(=O)c1ncc(OC)o1)C(=O)Nc1cccn(CCC(=O)NC2C3CC4CC(C3)CC2C4)c1=O. The minimum absolute atomic E-state index is 0.0240. The molecule has 0 aliphatic heterocycles. The summed E-state index contributed by atoms with van der Waals surface area (Å²) < 4.78 is 11.4. The van der Waals surface area contributed by atoms with Gasteiger partial charge in [0.15, 0.2) is 0 Å². The number of anilines is 1. The van der Waals surface area contributed by atoms with Crippen LogP contribution in [0.3, 0.4) is 0 Å². The molecule has 4 fully saturated rings. The van der Waals surface area contributed by atoms with Crippen LogP contribution in [0, 0.1) is 23.7 Å². The van der Waals surface area contributed by atoms with Gasteiger partial charge in [0.25, 0.3) is 17.4 Å². The van der Waals surface area contributed by atoms with E-state index >= 15 is 0 Å². The van der Waals surface area contributed by atoms with Crippen LogP contribution in [0.25, 0.3) is 0 Å². The van der Waals surface area contributed by atoms with E-state index < -0.39 is 35.1 Å². The summed E-state index contributed by atoms with van der Waals surface area (Å²) in [5, 5.41) is 10.6. The number of amides is 4. The van der Waals surface area contributed by atoms with Crippen molar-refractivity contribution in [3.05, 3.63) is 40.8 Å². The van der Waals surface area contributed by atoms with Crippen LogP contribution in [0.4, 0.5) is 5.69 Å². The van der Waals surface area contributed by atoms with E-state index in [1.165, 1.54) is 62.2 Å². The number of nitrogens with zero attached hydrogens (tertiary/aromatic N) is 2. The molecule has 2 aromatic rings. The standard InChI is InChI=1S/C31H40N6O8/c1-3-32-28(41)23(38)7-6-21(34-29(42)30-33-16-25(44-2)45-30)27(40)35-22-5-4-9-37(31(22)43)10-8-24(39)36-26-19-12-17-11-18(14-19)15-20(26)13-17/h4-5,9,16-21,26H,3,6-8,10-15H2,1-2H3,(H,32,41)(H,34,42)(H,35,40)(H,36,39)/t17?,18?,19?,20?,21-,26?/m0/s1. The molecule has 0 unspecified atom stereocenters. The van der Waals surface area contributed by atoms with Crippen molar-refractivity contribution in [1.29, 1.82) is 0 Å².